The molecule has 1 aromatic carbocycles. The molecule has 7 nitrogen and oxygen atoms in total. The third-order valence-electron chi connectivity index (χ3n) is 8.13. The van der Waals surface area contributed by atoms with Crippen LogP contribution in [0.25, 0.3) is 5.57 Å². The smallest absolute Gasteiger partial charge is 0.307 e. The van der Waals surface area contributed by atoms with Crippen molar-refractivity contribution in [3.05, 3.63) is 88.4 Å². The predicted octanol–water partition coefficient (Wildman–Crippen LogP) is 5.39. The average molecular weight is 564 g/mol. The fourth-order valence-corrected chi connectivity index (χ4v) is 5.96. The fraction of sp³-hybridized carbons (Fsp3) is 0.438. The van der Waals surface area contributed by atoms with Crippen molar-refractivity contribution in [2.45, 2.75) is 51.4 Å². The maximum atomic E-state index is 12.3. The van der Waals surface area contributed by atoms with Crippen molar-refractivity contribution in [3.8, 4) is 0 Å². The van der Waals surface area contributed by atoms with Crippen molar-refractivity contribution in [2.24, 2.45) is 5.92 Å². The summed E-state index contributed by atoms with van der Waals surface area (Å²) >= 11 is 6.12. The molecule has 0 saturated carbocycles. The number of ether oxygens (including phenoxy) is 2. The zero-order chi connectivity index (χ0) is 28.3. The number of methoxy groups -OCH3 is 1. The molecule has 0 bridgehead atoms. The third kappa shape index (κ3) is 6.43. The molecule has 1 aliphatic carbocycles. The van der Waals surface area contributed by atoms with Crippen molar-refractivity contribution >= 4 is 28.8 Å². The molecular weight excluding hydrogens is 526 g/mol. The number of rotatable bonds is 7. The minimum absolute atomic E-state index is 0.00324. The van der Waals surface area contributed by atoms with Gasteiger partial charge in [-0.05, 0) is 68.7 Å². The summed E-state index contributed by atoms with van der Waals surface area (Å²) < 4.78 is 11.2. The van der Waals surface area contributed by atoms with Crippen LogP contribution in [0.5, 0.6) is 0 Å². The lowest BCUT2D eigenvalue weighted by Crippen LogP contribution is -2.54. The number of nitrogens with zero attached hydrogens (tertiary/aromatic N) is 3. The number of hydrogen-bond acceptors (Lipinski definition) is 7. The molecule has 2 atom stereocenters. The van der Waals surface area contributed by atoms with Gasteiger partial charge in [0.25, 0.3) is 0 Å². The Hall–Kier alpha value is -3.13. The van der Waals surface area contributed by atoms with Gasteiger partial charge in [0.2, 0.25) is 0 Å². The monoisotopic (exact) mass is 563 g/mol. The first-order chi connectivity index (χ1) is 19.2. The zero-order valence-corrected chi connectivity index (χ0v) is 24.2. The molecule has 0 spiro atoms. The quantitative estimate of drug-likeness (QED) is 0.452. The van der Waals surface area contributed by atoms with Crippen LogP contribution in [-0.2, 0) is 20.9 Å². The summed E-state index contributed by atoms with van der Waals surface area (Å²) in [5, 5.41) is 11.5. The number of allylic oxidation sites excluding steroid dienone is 3. The molecule has 1 N–H and O–H groups in total. The van der Waals surface area contributed by atoms with E-state index in [0.717, 1.165) is 66.4 Å². The number of anilines is 1. The number of pyridine rings is 1. The summed E-state index contributed by atoms with van der Waals surface area (Å²) in [6.07, 6.45) is 10.0. The summed E-state index contributed by atoms with van der Waals surface area (Å²) in [7, 11) is 1.44. The molecular formula is C32H38ClN3O4. The highest BCUT2D eigenvalue weighted by atomic mass is 35.5. The Morgan fingerprint density at radius 2 is 2.05 bits per heavy atom. The zero-order valence-electron chi connectivity index (χ0n) is 23.5. The van der Waals surface area contributed by atoms with Crippen LogP contribution >= 0.6 is 11.6 Å². The minimum atomic E-state index is -0.831. The molecule has 1 fully saturated rings. The number of piperazine rings is 1. The van der Waals surface area contributed by atoms with Gasteiger partial charge < -0.3 is 19.5 Å². The van der Waals surface area contributed by atoms with Gasteiger partial charge in [0.15, 0.2) is 0 Å². The van der Waals surface area contributed by atoms with Crippen LogP contribution in [0.15, 0.2) is 72.2 Å². The van der Waals surface area contributed by atoms with E-state index in [4.69, 9.17) is 21.1 Å². The second kappa shape index (κ2) is 12.2. The molecule has 0 amide bonds. The number of hydrogen-bond donors (Lipinski definition) is 1. The molecule has 3 heterocycles. The topological polar surface area (TPSA) is 75.1 Å². The maximum absolute atomic E-state index is 12.3. The highest BCUT2D eigenvalue weighted by Gasteiger charge is 2.33. The summed E-state index contributed by atoms with van der Waals surface area (Å²) in [6.45, 7) is 7.47. The van der Waals surface area contributed by atoms with E-state index < -0.39 is 5.60 Å². The number of esters is 1. The Kier molecular flexibility index (Phi) is 8.64. The first-order valence-electron chi connectivity index (χ1n) is 14.0. The number of carbonyl (C=O) groups is 1. The molecule has 5 rings (SSSR count). The van der Waals surface area contributed by atoms with E-state index in [1.807, 2.05) is 50.3 Å². The Labute approximate surface area is 241 Å². The Morgan fingerprint density at radius 3 is 2.80 bits per heavy atom. The normalized spacial score (nSPS) is 22.4. The SMILES string of the molecule is COC(=O)CC1CN(CC/C=C2/C3=C(C=CC(C(C)(C)O)C3)OCc3ncccc32)CCN1c1ccc(Cl)cc1. The van der Waals surface area contributed by atoms with E-state index in [1.165, 1.54) is 7.11 Å². The van der Waals surface area contributed by atoms with Gasteiger partial charge in [0.05, 0.1) is 30.9 Å². The van der Waals surface area contributed by atoms with Crippen LogP contribution in [0, 0.1) is 5.92 Å². The van der Waals surface area contributed by atoms with Crippen molar-refractivity contribution < 1.29 is 19.4 Å². The predicted molar refractivity (Wildman–Crippen MR) is 158 cm³/mol. The van der Waals surface area contributed by atoms with Crippen molar-refractivity contribution in [1.82, 2.24) is 9.88 Å². The first-order valence-corrected chi connectivity index (χ1v) is 14.3. The molecule has 212 valence electrons. The molecule has 8 heteroatoms. The molecule has 2 aliphatic heterocycles. The van der Waals surface area contributed by atoms with Crippen molar-refractivity contribution in [2.75, 3.05) is 38.2 Å². The number of carbonyl (C=O) groups excluding carboxylic acids is 1. The number of aliphatic hydroxyl groups is 1. The molecule has 3 aliphatic rings. The molecule has 40 heavy (non-hydrogen) atoms. The lowest BCUT2D eigenvalue weighted by Gasteiger charge is -2.42. The average Bonchev–Trinajstić information content (AvgIpc) is 3.10. The number of fused-ring (bicyclic) bond motifs is 1. The first kappa shape index (κ1) is 28.4. The van der Waals surface area contributed by atoms with Crippen LogP contribution in [0.3, 0.4) is 0 Å². The molecule has 0 radical (unpaired) electrons. The number of halogens is 1. The van der Waals surface area contributed by atoms with Gasteiger partial charge in [-0.3, -0.25) is 14.7 Å². The summed E-state index contributed by atoms with van der Waals surface area (Å²) in [6, 6.07) is 11.9. The Balaban J connectivity index is 1.35. The largest absolute Gasteiger partial charge is 0.487 e. The molecule has 1 aromatic heterocycles. The standard InChI is InChI=1S/C32H38ClN3O4/c1-32(2,38)22-8-13-30-28(18-22)26(27-6-4-14-34-29(27)21-40-30)7-5-15-35-16-17-36(24-11-9-23(33)10-12-24)25(20-35)19-31(37)39-3/h4,6-14,22,25,38H,5,15-21H2,1-3H3/b26-7+. The lowest BCUT2D eigenvalue weighted by molar-refractivity contribution is -0.141. The van der Waals surface area contributed by atoms with E-state index in [2.05, 4.69) is 33.0 Å². The van der Waals surface area contributed by atoms with E-state index in [1.54, 1.807) is 6.20 Å². The van der Waals surface area contributed by atoms with Crippen molar-refractivity contribution in [3.63, 3.8) is 0 Å². The van der Waals surface area contributed by atoms with E-state index in [9.17, 15) is 9.90 Å². The van der Waals surface area contributed by atoms with Gasteiger partial charge in [-0.25, -0.2) is 0 Å². The highest BCUT2D eigenvalue weighted by molar-refractivity contribution is 6.30. The van der Waals surface area contributed by atoms with E-state index in [0.29, 0.717) is 24.5 Å². The van der Waals surface area contributed by atoms with Gasteiger partial charge in [0.1, 0.15) is 12.4 Å². The van der Waals surface area contributed by atoms with Crippen LogP contribution in [0.4, 0.5) is 5.69 Å². The van der Waals surface area contributed by atoms with Crippen molar-refractivity contribution in [1.29, 1.82) is 0 Å². The Morgan fingerprint density at radius 1 is 1.25 bits per heavy atom. The fourth-order valence-electron chi connectivity index (χ4n) is 5.83. The van der Waals surface area contributed by atoms with Gasteiger partial charge >= 0.3 is 5.97 Å². The highest BCUT2D eigenvalue weighted by Crippen LogP contribution is 2.41. The minimum Gasteiger partial charge on any atom is -0.487 e. The third-order valence-corrected chi connectivity index (χ3v) is 8.38. The second-order valence-corrected chi connectivity index (χ2v) is 11.7. The summed E-state index contributed by atoms with van der Waals surface area (Å²) in [5.41, 5.74) is 4.51. The molecule has 2 unspecified atom stereocenters. The van der Waals surface area contributed by atoms with E-state index >= 15 is 0 Å². The van der Waals surface area contributed by atoms with Gasteiger partial charge in [0, 0.05) is 60.1 Å². The lowest BCUT2D eigenvalue weighted by atomic mass is 9.78. The molecule has 2 aromatic rings. The summed E-state index contributed by atoms with van der Waals surface area (Å²) in [4.78, 5) is 21.6. The van der Waals surface area contributed by atoms with Crippen LogP contribution in [0.2, 0.25) is 5.02 Å². The summed E-state index contributed by atoms with van der Waals surface area (Å²) in [5.74, 6) is 0.651. The van der Waals surface area contributed by atoms with E-state index in [-0.39, 0.29) is 17.9 Å². The van der Waals surface area contributed by atoms with Crippen LogP contribution in [0.1, 0.15) is 44.4 Å². The second-order valence-electron chi connectivity index (χ2n) is 11.3. The van der Waals surface area contributed by atoms with Crippen LogP contribution < -0.4 is 4.90 Å². The number of benzene rings is 1. The van der Waals surface area contributed by atoms with Crippen LogP contribution in [-0.4, -0.2) is 65.9 Å². The molecule has 1 saturated heterocycles. The van der Waals surface area contributed by atoms with Gasteiger partial charge in [-0.1, -0.05) is 29.8 Å². The maximum Gasteiger partial charge on any atom is 0.307 e. The van der Waals surface area contributed by atoms with Gasteiger partial charge in [-0.15, -0.1) is 0 Å². The number of aromatic nitrogens is 1. The van der Waals surface area contributed by atoms with Gasteiger partial charge in [-0.2, -0.15) is 0 Å². The Bertz CT molecular complexity index is 1310.